The van der Waals surface area contributed by atoms with Crippen molar-refractivity contribution in [2.75, 3.05) is 58.9 Å². The Morgan fingerprint density at radius 1 is 1.22 bits per heavy atom. The van der Waals surface area contributed by atoms with Crippen molar-refractivity contribution in [1.29, 1.82) is 0 Å². The Morgan fingerprint density at radius 2 is 1.96 bits per heavy atom. The van der Waals surface area contributed by atoms with Gasteiger partial charge in [0.1, 0.15) is 0 Å². The fourth-order valence-corrected chi connectivity index (χ4v) is 2.75. The maximum Gasteiger partial charge on any atom is 0.201 e. The van der Waals surface area contributed by atoms with Crippen LogP contribution in [0.5, 0.6) is 11.5 Å². The van der Waals surface area contributed by atoms with E-state index in [1.165, 1.54) is 0 Å². The Hall–Kier alpha value is -1.99. The number of benzene rings is 1. The summed E-state index contributed by atoms with van der Waals surface area (Å²) in [5, 5.41) is 3.34. The summed E-state index contributed by atoms with van der Waals surface area (Å²) < 4.78 is 16.0. The summed E-state index contributed by atoms with van der Waals surface area (Å²) in [5.74, 6) is 2.16. The molecule has 1 aliphatic heterocycles. The quantitative estimate of drug-likeness (QED) is 0.757. The first-order chi connectivity index (χ1) is 11.3. The molecule has 0 saturated carbocycles. The number of nitrogens with one attached hydrogen (secondary N) is 2. The maximum atomic E-state index is 5.35. The van der Waals surface area contributed by atoms with Crippen LogP contribution < -0.4 is 14.8 Å². The largest absolute Gasteiger partial charge is 0.493 e. The Morgan fingerprint density at radius 3 is 2.70 bits per heavy atom. The Kier molecular flexibility index (Phi) is 5.19. The van der Waals surface area contributed by atoms with E-state index < -0.39 is 0 Å². The minimum Gasteiger partial charge on any atom is -0.493 e. The van der Waals surface area contributed by atoms with E-state index in [0.29, 0.717) is 11.5 Å². The van der Waals surface area contributed by atoms with Crippen LogP contribution >= 0.6 is 0 Å². The van der Waals surface area contributed by atoms with E-state index in [4.69, 9.17) is 14.2 Å². The molecule has 126 valence electrons. The molecule has 7 nitrogen and oxygen atoms in total. The summed E-state index contributed by atoms with van der Waals surface area (Å²) in [6.07, 6.45) is 1.07. The molecule has 1 fully saturated rings. The van der Waals surface area contributed by atoms with Crippen molar-refractivity contribution in [2.45, 2.75) is 6.42 Å². The van der Waals surface area contributed by atoms with Gasteiger partial charge in [-0.15, -0.1) is 0 Å². The molecule has 2 N–H and O–H groups in total. The number of nitrogens with zero attached hydrogens (tertiary/aromatic N) is 2. The highest BCUT2D eigenvalue weighted by Gasteiger charge is 2.11. The summed E-state index contributed by atoms with van der Waals surface area (Å²) in [5.41, 5.74) is 1.79. The number of aromatic amines is 1. The molecule has 0 radical (unpaired) electrons. The molecule has 3 rings (SSSR count). The van der Waals surface area contributed by atoms with Crippen LogP contribution in [-0.4, -0.2) is 68.5 Å². The molecule has 2 aromatic rings. The van der Waals surface area contributed by atoms with Gasteiger partial charge >= 0.3 is 0 Å². The Labute approximate surface area is 135 Å². The van der Waals surface area contributed by atoms with Crippen molar-refractivity contribution in [3.8, 4) is 11.5 Å². The average molecular weight is 320 g/mol. The Bertz CT molecular complexity index is 597. The number of fused-ring (bicyclic) bond motifs is 1. The number of rotatable bonds is 7. The van der Waals surface area contributed by atoms with E-state index in [1.807, 2.05) is 12.1 Å². The summed E-state index contributed by atoms with van der Waals surface area (Å²) in [6, 6.07) is 3.78. The number of aromatic nitrogens is 2. The van der Waals surface area contributed by atoms with Gasteiger partial charge in [0.15, 0.2) is 11.5 Å². The smallest absolute Gasteiger partial charge is 0.201 e. The van der Waals surface area contributed by atoms with Gasteiger partial charge in [-0.05, 0) is 13.0 Å². The van der Waals surface area contributed by atoms with Gasteiger partial charge in [-0.3, -0.25) is 4.90 Å². The van der Waals surface area contributed by atoms with Crippen LogP contribution in [0.2, 0.25) is 0 Å². The van der Waals surface area contributed by atoms with E-state index in [0.717, 1.165) is 62.8 Å². The van der Waals surface area contributed by atoms with E-state index >= 15 is 0 Å². The second kappa shape index (κ2) is 7.52. The van der Waals surface area contributed by atoms with Gasteiger partial charge in [-0.25, -0.2) is 4.98 Å². The van der Waals surface area contributed by atoms with Gasteiger partial charge < -0.3 is 24.5 Å². The molecule has 1 aromatic carbocycles. The minimum absolute atomic E-state index is 0.686. The van der Waals surface area contributed by atoms with Crippen LogP contribution in [0.25, 0.3) is 11.0 Å². The van der Waals surface area contributed by atoms with Crippen molar-refractivity contribution >= 4 is 17.0 Å². The first kappa shape index (κ1) is 15.9. The molecule has 0 unspecified atom stereocenters. The fraction of sp³-hybridized carbons (Fsp3) is 0.562. The molecule has 0 amide bonds. The lowest BCUT2D eigenvalue weighted by Gasteiger charge is -2.26. The van der Waals surface area contributed by atoms with Crippen molar-refractivity contribution in [3.63, 3.8) is 0 Å². The maximum absolute atomic E-state index is 5.35. The van der Waals surface area contributed by atoms with Gasteiger partial charge in [-0.2, -0.15) is 0 Å². The lowest BCUT2D eigenvalue weighted by atomic mass is 10.3. The van der Waals surface area contributed by atoms with Crippen LogP contribution in [0.1, 0.15) is 6.42 Å². The molecule has 1 aromatic heterocycles. The molecule has 23 heavy (non-hydrogen) atoms. The molecular weight excluding hydrogens is 296 g/mol. The summed E-state index contributed by atoms with van der Waals surface area (Å²) >= 11 is 0. The second-order valence-electron chi connectivity index (χ2n) is 5.54. The average Bonchev–Trinajstić information content (AvgIpc) is 3.00. The molecule has 2 heterocycles. The number of methoxy groups -OCH3 is 2. The number of morpholine rings is 1. The predicted molar refractivity (Wildman–Crippen MR) is 89.6 cm³/mol. The van der Waals surface area contributed by atoms with Gasteiger partial charge in [0.05, 0.1) is 38.5 Å². The fourth-order valence-electron chi connectivity index (χ4n) is 2.75. The third-order valence-corrected chi connectivity index (χ3v) is 4.03. The third kappa shape index (κ3) is 3.86. The molecule has 1 saturated heterocycles. The standard InChI is InChI=1S/C16H24N4O3/c1-21-14-10-12-13(11-15(14)22-2)19-16(18-12)17-4-3-5-20-6-8-23-9-7-20/h10-11H,3-9H2,1-2H3,(H2,17,18,19). The molecule has 0 aliphatic carbocycles. The van der Waals surface area contributed by atoms with Crippen molar-refractivity contribution in [1.82, 2.24) is 14.9 Å². The van der Waals surface area contributed by atoms with Gasteiger partial charge in [-0.1, -0.05) is 0 Å². The zero-order valence-corrected chi connectivity index (χ0v) is 13.7. The zero-order valence-electron chi connectivity index (χ0n) is 13.7. The highest BCUT2D eigenvalue weighted by atomic mass is 16.5. The first-order valence-corrected chi connectivity index (χ1v) is 7.96. The van der Waals surface area contributed by atoms with E-state index in [-0.39, 0.29) is 0 Å². The third-order valence-electron chi connectivity index (χ3n) is 4.03. The zero-order chi connectivity index (χ0) is 16.1. The highest BCUT2D eigenvalue weighted by Crippen LogP contribution is 2.31. The number of H-pyrrole nitrogens is 1. The van der Waals surface area contributed by atoms with Crippen molar-refractivity contribution in [2.24, 2.45) is 0 Å². The molecule has 1 aliphatic rings. The lowest BCUT2D eigenvalue weighted by molar-refractivity contribution is 0.0378. The van der Waals surface area contributed by atoms with Crippen LogP contribution in [0.4, 0.5) is 5.95 Å². The monoisotopic (exact) mass is 320 g/mol. The van der Waals surface area contributed by atoms with Gasteiger partial charge in [0, 0.05) is 31.8 Å². The molecular formula is C16H24N4O3. The predicted octanol–water partition coefficient (Wildman–Crippen LogP) is 1.71. The van der Waals surface area contributed by atoms with Crippen LogP contribution in [0.3, 0.4) is 0 Å². The van der Waals surface area contributed by atoms with E-state index in [1.54, 1.807) is 14.2 Å². The number of hydrogen-bond donors (Lipinski definition) is 2. The topological polar surface area (TPSA) is 71.6 Å². The first-order valence-electron chi connectivity index (χ1n) is 7.96. The highest BCUT2D eigenvalue weighted by molar-refractivity contribution is 5.81. The SMILES string of the molecule is COc1cc2nc(NCCCN3CCOCC3)[nH]c2cc1OC. The number of hydrogen-bond acceptors (Lipinski definition) is 6. The number of ether oxygens (including phenoxy) is 3. The normalized spacial score (nSPS) is 15.7. The second-order valence-corrected chi connectivity index (χ2v) is 5.54. The molecule has 7 heteroatoms. The van der Waals surface area contributed by atoms with Crippen molar-refractivity contribution in [3.05, 3.63) is 12.1 Å². The summed E-state index contributed by atoms with van der Waals surface area (Å²) in [4.78, 5) is 10.2. The van der Waals surface area contributed by atoms with Gasteiger partial charge in [0.2, 0.25) is 5.95 Å². The number of anilines is 1. The molecule has 0 bridgehead atoms. The van der Waals surface area contributed by atoms with Crippen molar-refractivity contribution < 1.29 is 14.2 Å². The minimum atomic E-state index is 0.686. The summed E-state index contributed by atoms with van der Waals surface area (Å²) in [6.45, 7) is 5.72. The van der Waals surface area contributed by atoms with Crippen LogP contribution in [-0.2, 0) is 4.74 Å². The summed E-state index contributed by atoms with van der Waals surface area (Å²) in [7, 11) is 3.26. The van der Waals surface area contributed by atoms with Gasteiger partial charge in [0.25, 0.3) is 0 Å². The van der Waals surface area contributed by atoms with Crippen LogP contribution in [0, 0.1) is 0 Å². The molecule has 0 spiro atoms. The molecule has 0 atom stereocenters. The van der Waals surface area contributed by atoms with E-state index in [2.05, 4.69) is 20.2 Å². The lowest BCUT2D eigenvalue weighted by Crippen LogP contribution is -2.37. The van der Waals surface area contributed by atoms with E-state index in [9.17, 15) is 0 Å². The number of imidazole rings is 1. The van der Waals surface area contributed by atoms with Crippen LogP contribution in [0.15, 0.2) is 12.1 Å². The Balaban J connectivity index is 1.55.